The maximum Gasteiger partial charge on any atom is 0.334 e. The highest BCUT2D eigenvalue weighted by molar-refractivity contribution is 5.84. The third-order valence-electron chi connectivity index (χ3n) is 7.38. The Morgan fingerprint density at radius 1 is 0.778 bits per heavy atom. The second-order valence-corrected chi connectivity index (χ2v) is 9.79. The number of benzene rings is 2. The summed E-state index contributed by atoms with van der Waals surface area (Å²) in [6.07, 6.45) is 10.9. The van der Waals surface area contributed by atoms with E-state index in [9.17, 15) is 14.7 Å². The Balaban J connectivity index is 1.58. The second kappa shape index (κ2) is 11.0. The summed E-state index contributed by atoms with van der Waals surface area (Å²) in [6, 6.07) is 16.5. The van der Waals surface area contributed by atoms with Gasteiger partial charge in [-0.3, -0.25) is 18.9 Å². The molecule has 0 radical (unpaired) electrons. The van der Waals surface area contributed by atoms with Crippen LogP contribution < -0.4 is 16.0 Å². The van der Waals surface area contributed by atoms with E-state index in [0.29, 0.717) is 17.2 Å². The summed E-state index contributed by atoms with van der Waals surface area (Å²) < 4.78 is 8.85. The molecule has 7 nitrogen and oxygen atoms in total. The summed E-state index contributed by atoms with van der Waals surface area (Å²) in [7, 11) is 0. The molecule has 0 atom stereocenters. The summed E-state index contributed by atoms with van der Waals surface area (Å²) >= 11 is 0. The van der Waals surface area contributed by atoms with E-state index in [-0.39, 0.29) is 29.2 Å². The van der Waals surface area contributed by atoms with E-state index in [2.05, 4.69) is 4.99 Å². The lowest BCUT2D eigenvalue weighted by Crippen LogP contribution is -2.45. The number of aromatic hydroxyl groups is 1. The topological polar surface area (TPSA) is 85.8 Å². The zero-order valence-corrected chi connectivity index (χ0v) is 20.5. The van der Waals surface area contributed by atoms with Gasteiger partial charge in [-0.25, -0.2) is 4.79 Å². The van der Waals surface area contributed by atoms with Gasteiger partial charge in [-0.1, -0.05) is 68.9 Å². The summed E-state index contributed by atoms with van der Waals surface area (Å²) in [6.45, 7) is 0. The quantitative estimate of drug-likeness (QED) is 0.415. The first-order valence-electron chi connectivity index (χ1n) is 13.1. The zero-order valence-electron chi connectivity index (χ0n) is 20.5. The lowest BCUT2D eigenvalue weighted by Gasteiger charge is -2.29. The molecule has 5 rings (SSSR count). The minimum Gasteiger partial charge on any atom is -0.494 e. The van der Waals surface area contributed by atoms with Gasteiger partial charge in [0.15, 0.2) is 5.75 Å². The highest BCUT2D eigenvalue weighted by Gasteiger charge is 2.28. The fourth-order valence-corrected chi connectivity index (χ4v) is 5.49. The number of ether oxygens (including phenoxy) is 1. The van der Waals surface area contributed by atoms with E-state index in [1.807, 2.05) is 48.5 Å². The van der Waals surface area contributed by atoms with Crippen molar-refractivity contribution in [3.63, 3.8) is 0 Å². The van der Waals surface area contributed by atoms with Crippen LogP contribution in [0.2, 0.25) is 0 Å². The fourth-order valence-electron chi connectivity index (χ4n) is 5.49. The number of aliphatic imine (C=N–C) groups is 1. The van der Waals surface area contributed by atoms with Crippen molar-refractivity contribution in [2.24, 2.45) is 4.99 Å². The Morgan fingerprint density at radius 2 is 1.36 bits per heavy atom. The van der Waals surface area contributed by atoms with E-state index in [4.69, 9.17) is 4.74 Å². The van der Waals surface area contributed by atoms with E-state index >= 15 is 0 Å². The van der Waals surface area contributed by atoms with Crippen LogP contribution in [0.4, 0.5) is 5.69 Å². The largest absolute Gasteiger partial charge is 0.494 e. The van der Waals surface area contributed by atoms with E-state index in [0.717, 1.165) is 64.2 Å². The molecule has 36 heavy (non-hydrogen) atoms. The van der Waals surface area contributed by atoms with Gasteiger partial charge in [0.05, 0.1) is 0 Å². The number of hydrogen-bond donors (Lipinski definition) is 1. The first-order valence-corrected chi connectivity index (χ1v) is 13.1. The third kappa shape index (κ3) is 5.01. The average molecular weight is 488 g/mol. The minimum atomic E-state index is -0.471. The summed E-state index contributed by atoms with van der Waals surface area (Å²) in [5, 5.41) is 11.2. The van der Waals surface area contributed by atoms with Crippen LogP contribution in [0.5, 0.6) is 17.4 Å². The Labute approximate surface area is 210 Å². The molecule has 1 heterocycles. The molecule has 1 N–H and O–H groups in total. The fraction of sp³-hybridized carbons (Fsp3) is 0.414. The molecular weight excluding hydrogens is 454 g/mol. The van der Waals surface area contributed by atoms with E-state index < -0.39 is 5.56 Å². The Hall–Kier alpha value is -3.61. The van der Waals surface area contributed by atoms with Gasteiger partial charge in [0, 0.05) is 18.3 Å². The van der Waals surface area contributed by atoms with Crippen LogP contribution in [0.3, 0.4) is 0 Å². The van der Waals surface area contributed by atoms with Crippen LogP contribution in [0.15, 0.2) is 69.2 Å². The zero-order chi connectivity index (χ0) is 24.9. The molecule has 0 bridgehead atoms. The first kappa shape index (κ1) is 24.1. The molecule has 2 aliphatic carbocycles. The normalized spacial score (nSPS) is 17.4. The molecule has 1 aromatic heterocycles. The molecule has 2 saturated carbocycles. The lowest BCUT2D eigenvalue weighted by atomic mass is 9.94. The number of para-hydroxylation sites is 3. The molecule has 2 aromatic carbocycles. The van der Waals surface area contributed by atoms with Crippen LogP contribution in [0, 0.1) is 0 Å². The van der Waals surface area contributed by atoms with Gasteiger partial charge < -0.3 is 9.84 Å². The lowest BCUT2D eigenvalue weighted by molar-refractivity contribution is 0.271. The van der Waals surface area contributed by atoms with Crippen LogP contribution in [0.1, 0.15) is 81.9 Å². The minimum absolute atomic E-state index is 0.0558. The maximum absolute atomic E-state index is 13.6. The summed E-state index contributed by atoms with van der Waals surface area (Å²) in [4.78, 5) is 31.8. The molecule has 2 aliphatic rings. The monoisotopic (exact) mass is 487 g/mol. The molecule has 0 amide bonds. The molecule has 0 spiro atoms. The highest BCUT2D eigenvalue weighted by Crippen LogP contribution is 2.33. The summed E-state index contributed by atoms with van der Waals surface area (Å²) in [5.74, 6) is 0.926. The van der Waals surface area contributed by atoms with Crippen molar-refractivity contribution < 1.29 is 9.84 Å². The van der Waals surface area contributed by atoms with Gasteiger partial charge in [0.2, 0.25) is 5.88 Å². The van der Waals surface area contributed by atoms with Crippen molar-refractivity contribution in [1.82, 2.24) is 9.13 Å². The van der Waals surface area contributed by atoms with Gasteiger partial charge in [0.1, 0.15) is 17.0 Å². The van der Waals surface area contributed by atoms with Gasteiger partial charge in [0.25, 0.3) is 5.56 Å². The number of aromatic nitrogens is 2. The van der Waals surface area contributed by atoms with Crippen molar-refractivity contribution in [3.8, 4) is 17.4 Å². The molecule has 0 saturated heterocycles. The predicted octanol–water partition coefficient (Wildman–Crippen LogP) is 6.27. The molecule has 7 heteroatoms. The Bertz CT molecular complexity index is 1330. The summed E-state index contributed by atoms with van der Waals surface area (Å²) in [5.41, 5.74) is -0.275. The van der Waals surface area contributed by atoms with Crippen molar-refractivity contribution in [2.45, 2.75) is 76.3 Å². The molecule has 188 valence electrons. The second-order valence-electron chi connectivity index (χ2n) is 9.79. The van der Waals surface area contributed by atoms with Crippen LogP contribution >= 0.6 is 0 Å². The van der Waals surface area contributed by atoms with Crippen molar-refractivity contribution >= 4 is 11.9 Å². The Kier molecular flexibility index (Phi) is 7.35. The highest BCUT2D eigenvalue weighted by atomic mass is 16.5. The van der Waals surface area contributed by atoms with Gasteiger partial charge in [-0.2, -0.15) is 0 Å². The van der Waals surface area contributed by atoms with E-state index in [1.54, 1.807) is 6.07 Å². The van der Waals surface area contributed by atoms with Gasteiger partial charge in [-0.05, 0) is 49.9 Å². The first-order chi connectivity index (χ1) is 17.6. The molecule has 2 fully saturated rings. The standard InChI is InChI=1S/C29H33N3O4/c33-27-24(20-30-25-18-10-11-19-26(25)36-23-16-8-3-9-17-23)28(34)32(22-14-6-2-7-15-22)29(35)31(27)21-12-4-1-5-13-21/h3,8-11,16-22,33H,1-2,4-7,12-15H2. The van der Waals surface area contributed by atoms with Crippen LogP contribution in [0.25, 0.3) is 0 Å². The number of hydrogen-bond acceptors (Lipinski definition) is 5. The SMILES string of the molecule is O=c1c(C=Nc2ccccc2Oc2ccccc2)c(O)n(C2CCCCC2)c(=O)n1C1CCCCC1. The molecular formula is C29H33N3O4. The number of nitrogens with zero attached hydrogens (tertiary/aromatic N) is 3. The van der Waals surface area contributed by atoms with Gasteiger partial charge in [-0.15, -0.1) is 0 Å². The maximum atomic E-state index is 13.6. The van der Waals surface area contributed by atoms with Crippen molar-refractivity contribution in [2.75, 3.05) is 0 Å². The van der Waals surface area contributed by atoms with Crippen molar-refractivity contribution in [3.05, 3.63) is 81.0 Å². The average Bonchev–Trinajstić information content (AvgIpc) is 2.91. The molecule has 3 aromatic rings. The molecule has 0 aliphatic heterocycles. The van der Waals surface area contributed by atoms with E-state index in [1.165, 1.54) is 15.3 Å². The van der Waals surface area contributed by atoms with Gasteiger partial charge >= 0.3 is 5.69 Å². The van der Waals surface area contributed by atoms with Crippen LogP contribution in [-0.4, -0.2) is 20.5 Å². The number of rotatable bonds is 6. The Morgan fingerprint density at radius 3 is 2.03 bits per heavy atom. The van der Waals surface area contributed by atoms with Crippen LogP contribution in [-0.2, 0) is 0 Å². The third-order valence-corrected chi connectivity index (χ3v) is 7.38. The smallest absolute Gasteiger partial charge is 0.334 e. The molecule has 0 unspecified atom stereocenters. The predicted molar refractivity (Wildman–Crippen MR) is 141 cm³/mol. The van der Waals surface area contributed by atoms with Crippen molar-refractivity contribution in [1.29, 1.82) is 0 Å².